The molecule has 172 valence electrons. The van der Waals surface area contributed by atoms with E-state index in [0.29, 0.717) is 46.2 Å². The number of hydrogen-bond donors (Lipinski definition) is 2. The van der Waals surface area contributed by atoms with Crippen LogP contribution in [0.3, 0.4) is 0 Å². The van der Waals surface area contributed by atoms with Crippen LogP contribution in [-0.4, -0.2) is 58.4 Å². The van der Waals surface area contributed by atoms with Gasteiger partial charge in [-0.2, -0.15) is 0 Å². The zero-order valence-corrected chi connectivity index (χ0v) is 19.6. The Morgan fingerprint density at radius 1 is 1.28 bits per heavy atom. The number of esters is 1. The summed E-state index contributed by atoms with van der Waals surface area (Å²) in [6.07, 6.45) is -0.688. The van der Waals surface area contributed by atoms with Crippen molar-refractivity contribution < 1.29 is 19.4 Å². The monoisotopic (exact) mass is 459 g/mol. The number of benzene rings is 1. The van der Waals surface area contributed by atoms with Crippen molar-refractivity contribution in [2.24, 2.45) is 0 Å². The van der Waals surface area contributed by atoms with E-state index in [4.69, 9.17) is 9.47 Å². The van der Waals surface area contributed by atoms with Gasteiger partial charge >= 0.3 is 5.97 Å². The molecule has 8 nitrogen and oxygen atoms in total. The van der Waals surface area contributed by atoms with Gasteiger partial charge in [0.1, 0.15) is 15.5 Å². The van der Waals surface area contributed by atoms with E-state index in [0.717, 1.165) is 16.9 Å². The average Bonchev–Trinajstić information content (AvgIpc) is 3.10. The predicted octanol–water partition coefficient (Wildman–Crippen LogP) is 2.87. The van der Waals surface area contributed by atoms with Crippen molar-refractivity contribution in [1.29, 1.82) is 0 Å². The lowest BCUT2D eigenvalue weighted by molar-refractivity contribution is 0.00267. The van der Waals surface area contributed by atoms with E-state index < -0.39 is 12.1 Å². The highest BCUT2D eigenvalue weighted by molar-refractivity contribution is 7.20. The first-order valence-corrected chi connectivity index (χ1v) is 11.3. The molecule has 0 aliphatic heterocycles. The molecule has 0 amide bonds. The minimum atomic E-state index is -0.688. The van der Waals surface area contributed by atoms with E-state index in [9.17, 15) is 14.7 Å². The molecule has 0 saturated heterocycles. The Labute approximate surface area is 190 Å². The van der Waals surface area contributed by atoms with E-state index >= 15 is 0 Å². The molecule has 0 bridgehead atoms. The molecule has 0 fully saturated rings. The Morgan fingerprint density at radius 3 is 2.66 bits per heavy atom. The Hall–Kier alpha value is -2.59. The number of aromatic amines is 1. The Bertz CT molecular complexity index is 1110. The van der Waals surface area contributed by atoms with E-state index in [-0.39, 0.29) is 18.2 Å². The molecule has 3 aromatic rings. The van der Waals surface area contributed by atoms with Crippen molar-refractivity contribution in [2.75, 3.05) is 20.3 Å². The number of fused-ring (bicyclic) bond motifs is 1. The van der Waals surface area contributed by atoms with Crippen molar-refractivity contribution in [2.45, 2.75) is 46.1 Å². The van der Waals surface area contributed by atoms with E-state index in [1.165, 1.54) is 7.11 Å². The van der Waals surface area contributed by atoms with Crippen LogP contribution in [0.25, 0.3) is 10.2 Å². The molecule has 0 spiro atoms. The number of ether oxygens (including phenoxy) is 2. The molecule has 1 aromatic carbocycles. The molecule has 1 atom stereocenters. The third-order valence-electron chi connectivity index (χ3n) is 5.17. The van der Waals surface area contributed by atoms with Gasteiger partial charge in [0.25, 0.3) is 5.56 Å². The second-order valence-corrected chi connectivity index (χ2v) is 8.92. The van der Waals surface area contributed by atoms with Crippen LogP contribution >= 0.6 is 11.3 Å². The van der Waals surface area contributed by atoms with Crippen molar-refractivity contribution in [3.05, 3.63) is 62.5 Å². The molecule has 0 radical (unpaired) electrons. The van der Waals surface area contributed by atoms with Crippen LogP contribution in [0.5, 0.6) is 0 Å². The number of hydrogen-bond acceptors (Lipinski definition) is 8. The molecule has 0 aliphatic rings. The minimum Gasteiger partial charge on any atom is -0.465 e. The van der Waals surface area contributed by atoms with Gasteiger partial charge in [0.05, 0.1) is 38.4 Å². The fraction of sp³-hybridized carbons (Fsp3) is 0.435. The first-order chi connectivity index (χ1) is 15.3. The fourth-order valence-electron chi connectivity index (χ4n) is 3.41. The molecule has 3 rings (SSSR count). The van der Waals surface area contributed by atoms with Crippen LogP contribution in [-0.2, 0) is 22.6 Å². The van der Waals surface area contributed by atoms with Gasteiger partial charge in [-0.05, 0) is 31.9 Å². The fourth-order valence-corrected chi connectivity index (χ4v) is 4.53. The largest absolute Gasteiger partial charge is 0.465 e. The lowest BCUT2D eigenvalue weighted by atomic mass is 10.2. The molecule has 2 N–H and O–H groups in total. The van der Waals surface area contributed by atoms with Crippen molar-refractivity contribution in [1.82, 2.24) is 14.9 Å². The third kappa shape index (κ3) is 5.80. The van der Waals surface area contributed by atoms with Crippen LogP contribution in [0.2, 0.25) is 0 Å². The molecule has 2 heterocycles. The van der Waals surface area contributed by atoms with Crippen LogP contribution < -0.4 is 5.56 Å². The number of nitrogens with one attached hydrogen (secondary N) is 1. The molecule has 32 heavy (non-hydrogen) atoms. The number of methoxy groups -OCH3 is 1. The number of aliphatic hydroxyl groups excluding tert-OH is 1. The zero-order valence-electron chi connectivity index (χ0n) is 18.8. The number of carbonyl (C=O) groups is 1. The van der Waals surface area contributed by atoms with Gasteiger partial charge in [-0.3, -0.25) is 9.69 Å². The Balaban J connectivity index is 1.68. The van der Waals surface area contributed by atoms with Gasteiger partial charge in [0, 0.05) is 12.6 Å². The van der Waals surface area contributed by atoms with Crippen LogP contribution in [0, 0.1) is 6.92 Å². The van der Waals surface area contributed by atoms with Gasteiger partial charge in [0.2, 0.25) is 0 Å². The van der Waals surface area contributed by atoms with Gasteiger partial charge < -0.3 is 19.6 Å². The molecule has 0 aliphatic carbocycles. The summed E-state index contributed by atoms with van der Waals surface area (Å²) in [5.41, 5.74) is 1.33. The topological polar surface area (TPSA) is 105 Å². The summed E-state index contributed by atoms with van der Waals surface area (Å²) in [5.74, 6) is 0.000140. The highest BCUT2D eigenvalue weighted by Gasteiger charge is 2.21. The highest BCUT2D eigenvalue weighted by Crippen LogP contribution is 2.27. The van der Waals surface area contributed by atoms with E-state index in [2.05, 4.69) is 9.97 Å². The lowest BCUT2D eigenvalue weighted by Crippen LogP contribution is -2.39. The van der Waals surface area contributed by atoms with Gasteiger partial charge in [-0.25, -0.2) is 9.78 Å². The summed E-state index contributed by atoms with van der Waals surface area (Å²) < 4.78 is 10.4. The smallest absolute Gasteiger partial charge is 0.348 e. The first kappa shape index (κ1) is 24.1. The maximum atomic E-state index is 12.7. The van der Waals surface area contributed by atoms with Gasteiger partial charge in [-0.15, -0.1) is 11.3 Å². The second-order valence-electron chi connectivity index (χ2n) is 7.92. The van der Waals surface area contributed by atoms with Crippen LogP contribution in [0.15, 0.2) is 35.1 Å². The first-order valence-electron chi connectivity index (χ1n) is 10.4. The number of carbonyl (C=O) groups excluding carboxylic acids is 1. The summed E-state index contributed by atoms with van der Waals surface area (Å²) in [6, 6.07) is 9.90. The van der Waals surface area contributed by atoms with Crippen molar-refractivity contribution in [3.8, 4) is 0 Å². The number of aromatic nitrogens is 2. The molecular weight excluding hydrogens is 430 g/mol. The quantitative estimate of drug-likeness (QED) is 0.449. The number of nitrogens with zero attached hydrogens (tertiary/aromatic N) is 2. The summed E-state index contributed by atoms with van der Waals surface area (Å²) >= 11 is 1.15. The predicted molar refractivity (Wildman–Crippen MR) is 124 cm³/mol. The maximum absolute atomic E-state index is 12.7. The molecular formula is C23H29N3O5S. The Kier molecular flexibility index (Phi) is 8.14. The van der Waals surface area contributed by atoms with Crippen LogP contribution in [0.1, 0.15) is 40.5 Å². The number of H-pyrrole nitrogens is 1. The molecule has 9 heteroatoms. The summed E-state index contributed by atoms with van der Waals surface area (Å²) in [5, 5.41) is 10.9. The number of aryl methyl sites for hydroxylation is 1. The SMILES string of the molecule is COC(=O)c1sc2nc(CN(C[C@@H](O)COCc3ccccc3)C(C)C)[nH]c(=O)c2c1C. The van der Waals surface area contributed by atoms with E-state index in [1.54, 1.807) is 6.92 Å². The van der Waals surface area contributed by atoms with Gasteiger partial charge in [-0.1, -0.05) is 30.3 Å². The van der Waals surface area contributed by atoms with Crippen LogP contribution in [0.4, 0.5) is 0 Å². The molecule has 0 saturated carbocycles. The summed E-state index contributed by atoms with van der Waals surface area (Å²) in [7, 11) is 1.31. The van der Waals surface area contributed by atoms with Crippen molar-refractivity contribution >= 4 is 27.5 Å². The summed E-state index contributed by atoms with van der Waals surface area (Å²) in [6.45, 7) is 7.10. The second kappa shape index (κ2) is 10.8. The van der Waals surface area contributed by atoms with Crippen molar-refractivity contribution in [3.63, 3.8) is 0 Å². The Morgan fingerprint density at radius 2 is 2.00 bits per heavy atom. The number of rotatable bonds is 10. The van der Waals surface area contributed by atoms with E-state index in [1.807, 2.05) is 49.1 Å². The molecule has 0 unspecified atom stereocenters. The maximum Gasteiger partial charge on any atom is 0.348 e. The lowest BCUT2D eigenvalue weighted by Gasteiger charge is -2.28. The summed E-state index contributed by atoms with van der Waals surface area (Å²) in [4.78, 5) is 34.9. The minimum absolute atomic E-state index is 0.107. The average molecular weight is 460 g/mol. The number of aliphatic hydroxyl groups is 1. The zero-order chi connectivity index (χ0) is 23.3. The third-order valence-corrected chi connectivity index (χ3v) is 6.34. The number of thiophene rings is 1. The molecule has 2 aromatic heterocycles. The van der Waals surface area contributed by atoms with Gasteiger partial charge in [0.15, 0.2) is 0 Å². The normalized spacial score (nSPS) is 12.6. The standard InChI is InChI=1S/C23H29N3O5S/c1-14(2)26(10-17(27)13-31-12-16-8-6-5-7-9-16)11-18-24-21(28)19-15(3)20(23(29)30-4)32-22(19)25-18/h5-9,14,17,27H,10-13H2,1-4H3,(H,24,25,28)/t17-/m1/s1. The highest BCUT2D eigenvalue weighted by atomic mass is 32.1.